The van der Waals surface area contributed by atoms with Crippen molar-refractivity contribution in [2.24, 2.45) is 0 Å². The average molecular weight is 287 g/mol. The summed E-state index contributed by atoms with van der Waals surface area (Å²) in [7, 11) is 0. The molecule has 4 N–H and O–H groups in total. The molecule has 0 unspecified atom stereocenters. The van der Waals surface area contributed by atoms with Crippen LogP contribution in [0.15, 0.2) is 30.3 Å². The molecule has 0 aliphatic carbocycles. The second kappa shape index (κ2) is 6.78. The summed E-state index contributed by atoms with van der Waals surface area (Å²) in [6.07, 6.45) is 1.98. The fraction of sp³-hybridized carbons (Fsp3) is 0.333. The van der Waals surface area contributed by atoms with E-state index in [1.54, 1.807) is 4.68 Å². The third-order valence-corrected chi connectivity index (χ3v) is 3.15. The monoisotopic (exact) mass is 287 g/mol. The summed E-state index contributed by atoms with van der Waals surface area (Å²) in [5.74, 6) is 0.421. The molecule has 2 aromatic rings. The van der Waals surface area contributed by atoms with E-state index in [1.807, 2.05) is 37.3 Å². The van der Waals surface area contributed by atoms with Gasteiger partial charge in [-0.2, -0.15) is 5.10 Å². The summed E-state index contributed by atoms with van der Waals surface area (Å²) < 4.78 is 1.62. The molecule has 0 atom stereocenters. The van der Waals surface area contributed by atoms with Gasteiger partial charge in [-0.25, -0.2) is 9.48 Å². The second-order valence-corrected chi connectivity index (χ2v) is 4.83. The van der Waals surface area contributed by atoms with E-state index in [9.17, 15) is 4.79 Å². The van der Waals surface area contributed by atoms with Gasteiger partial charge in [0, 0.05) is 6.54 Å². The first-order valence-corrected chi connectivity index (χ1v) is 7.08. The van der Waals surface area contributed by atoms with Crippen LogP contribution in [0.25, 0.3) is 5.69 Å². The highest BCUT2D eigenvalue weighted by molar-refractivity contribution is 5.93. The molecule has 112 valence electrons. The first kappa shape index (κ1) is 14.9. The third kappa shape index (κ3) is 3.53. The Bertz CT molecular complexity index is 606. The number of hydrogen-bond donors (Lipinski definition) is 3. The highest BCUT2D eigenvalue weighted by atomic mass is 16.2. The molecule has 1 heterocycles. The maximum atomic E-state index is 11.8. The number of benzene rings is 1. The maximum absolute atomic E-state index is 11.8. The molecule has 2 amide bonds. The highest BCUT2D eigenvalue weighted by Gasteiger charge is 2.15. The largest absolute Gasteiger partial charge is 0.382 e. The maximum Gasteiger partial charge on any atom is 0.319 e. The van der Waals surface area contributed by atoms with Gasteiger partial charge in [-0.1, -0.05) is 31.5 Å². The van der Waals surface area contributed by atoms with Gasteiger partial charge < -0.3 is 16.4 Å². The van der Waals surface area contributed by atoms with E-state index >= 15 is 0 Å². The average Bonchev–Trinajstić information content (AvgIpc) is 2.76. The molecule has 0 saturated heterocycles. The Balaban J connectivity index is 2.15. The Kier molecular flexibility index (Phi) is 4.81. The molecule has 6 nitrogen and oxygen atoms in total. The van der Waals surface area contributed by atoms with Crippen LogP contribution in [0.3, 0.4) is 0 Å². The van der Waals surface area contributed by atoms with Crippen molar-refractivity contribution < 1.29 is 4.79 Å². The number of nitrogens with zero attached hydrogens (tertiary/aromatic N) is 2. The summed E-state index contributed by atoms with van der Waals surface area (Å²) in [6, 6.07) is 9.32. The van der Waals surface area contributed by atoms with Crippen LogP contribution in [0.2, 0.25) is 0 Å². The summed E-state index contributed by atoms with van der Waals surface area (Å²) in [5, 5.41) is 9.94. The number of unbranched alkanes of at least 4 members (excludes halogenated alkanes) is 1. The van der Waals surface area contributed by atoms with Crippen LogP contribution in [0, 0.1) is 6.92 Å². The quantitative estimate of drug-likeness (QED) is 0.739. The second-order valence-electron chi connectivity index (χ2n) is 4.83. The van der Waals surface area contributed by atoms with Crippen molar-refractivity contribution in [1.82, 2.24) is 15.1 Å². The molecule has 1 aromatic carbocycles. The van der Waals surface area contributed by atoms with E-state index in [4.69, 9.17) is 5.73 Å². The highest BCUT2D eigenvalue weighted by Crippen LogP contribution is 2.25. The number of hydrogen-bond acceptors (Lipinski definition) is 3. The lowest BCUT2D eigenvalue weighted by molar-refractivity contribution is 0.252. The number of anilines is 2. The van der Waals surface area contributed by atoms with Crippen LogP contribution in [0.4, 0.5) is 16.3 Å². The number of nitrogens with one attached hydrogen (secondary N) is 2. The number of aromatic nitrogens is 2. The minimum atomic E-state index is -0.258. The molecule has 1 aromatic heterocycles. The number of amides is 2. The SMILES string of the molecule is CCCCNC(=O)Nc1c(C)nn(-c2ccccc2)c1N. The predicted molar refractivity (Wildman–Crippen MR) is 84.6 cm³/mol. The molecule has 21 heavy (non-hydrogen) atoms. The molecule has 2 rings (SSSR count). The van der Waals surface area contributed by atoms with Gasteiger partial charge in [0.1, 0.15) is 5.69 Å². The van der Waals surface area contributed by atoms with Gasteiger partial charge in [0.05, 0.1) is 11.4 Å². The molecule has 0 radical (unpaired) electrons. The van der Waals surface area contributed by atoms with E-state index in [0.29, 0.717) is 23.7 Å². The number of carbonyl (C=O) groups excluding carboxylic acids is 1. The number of nitrogen functional groups attached to an aromatic ring is 1. The van der Waals surface area contributed by atoms with Gasteiger partial charge in [0.2, 0.25) is 0 Å². The van der Waals surface area contributed by atoms with Gasteiger partial charge in [-0.05, 0) is 25.5 Å². The Hall–Kier alpha value is -2.50. The zero-order valence-corrected chi connectivity index (χ0v) is 12.4. The number of urea groups is 1. The zero-order chi connectivity index (χ0) is 15.2. The fourth-order valence-electron chi connectivity index (χ4n) is 2.00. The summed E-state index contributed by atoms with van der Waals surface area (Å²) in [6.45, 7) is 4.54. The molecule has 0 saturated carbocycles. The van der Waals surface area contributed by atoms with Crippen molar-refractivity contribution >= 4 is 17.5 Å². The number of nitrogens with two attached hydrogens (primary N) is 1. The molecule has 0 aliphatic heterocycles. The molecular formula is C15H21N5O. The first-order chi connectivity index (χ1) is 10.1. The minimum absolute atomic E-state index is 0.258. The molecule has 0 fully saturated rings. The van der Waals surface area contributed by atoms with Crippen molar-refractivity contribution in [2.75, 3.05) is 17.6 Å². The third-order valence-electron chi connectivity index (χ3n) is 3.15. The van der Waals surface area contributed by atoms with Crippen LogP contribution >= 0.6 is 0 Å². The molecule has 0 spiro atoms. The van der Waals surface area contributed by atoms with E-state index < -0.39 is 0 Å². The van der Waals surface area contributed by atoms with Crippen LogP contribution in [0.5, 0.6) is 0 Å². The van der Waals surface area contributed by atoms with E-state index in [-0.39, 0.29) is 6.03 Å². The van der Waals surface area contributed by atoms with Gasteiger partial charge in [-0.15, -0.1) is 0 Å². The number of rotatable bonds is 5. The van der Waals surface area contributed by atoms with Crippen LogP contribution in [-0.2, 0) is 0 Å². The fourth-order valence-corrected chi connectivity index (χ4v) is 2.00. The lowest BCUT2D eigenvalue weighted by Gasteiger charge is -2.08. The predicted octanol–water partition coefficient (Wildman–Crippen LogP) is 2.68. The Labute approximate surface area is 124 Å². The number of para-hydroxylation sites is 1. The van der Waals surface area contributed by atoms with Crippen molar-refractivity contribution in [3.63, 3.8) is 0 Å². The Morgan fingerprint density at radius 1 is 1.33 bits per heavy atom. The van der Waals surface area contributed by atoms with Gasteiger partial charge >= 0.3 is 6.03 Å². The molecular weight excluding hydrogens is 266 g/mol. The topological polar surface area (TPSA) is 85.0 Å². The van der Waals surface area contributed by atoms with Crippen molar-refractivity contribution in [1.29, 1.82) is 0 Å². The first-order valence-electron chi connectivity index (χ1n) is 7.08. The van der Waals surface area contributed by atoms with E-state index in [0.717, 1.165) is 18.5 Å². The van der Waals surface area contributed by atoms with Crippen LogP contribution in [0.1, 0.15) is 25.5 Å². The van der Waals surface area contributed by atoms with Crippen LogP contribution in [-0.4, -0.2) is 22.4 Å². The van der Waals surface area contributed by atoms with Crippen molar-refractivity contribution in [2.45, 2.75) is 26.7 Å². The lowest BCUT2D eigenvalue weighted by atomic mass is 10.3. The summed E-state index contributed by atoms with van der Waals surface area (Å²) in [4.78, 5) is 11.8. The van der Waals surface area contributed by atoms with Gasteiger partial charge in [0.25, 0.3) is 0 Å². The number of carbonyl (C=O) groups is 1. The lowest BCUT2D eigenvalue weighted by Crippen LogP contribution is -2.29. The molecule has 6 heteroatoms. The minimum Gasteiger partial charge on any atom is -0.382 e. The Morgan fingerprint density at radius 2 is 2.05 bits per heavy atom. The van der Waals surface area contributed by atoms with Crippen molar-refractivity contribution in [3.8, 4) is 5.69 Å². The molecule has 0 aliphatic rings. The van der Waals surface area contributed by atoms with Crippen molar-refractivity contribution in [3.05, 3.63) is 36.0 Å². The smallest absolute Gasteiger partial charge is 0.319 e. The van der Waals surface area contributed by atoms with E-state index in [1.165, 1.54) is 0 Å². The van der Waals surface area contributed by atoms with Gasteiger partial charge in [-0.3, -0.25) is 0 Å². The zero-order valence-electron chi connectivity index (χ0n) is 12.4. The standard InChI is InChI=1S/C15H21N5O/c1-3-4-10-17-15(21)18-13-11(2)19-20(14(13)16)12-8-6-5-7-9-12/h5-9H,3-4,10,16H2,1-2H3,(H2,17,18,21). The number of aryl methyl sites for hydroxylation is 1. The summed E-state index contributed by atoms with van der Waals surface area (Å²) >= 11 is 0. The van der Waals surface area contributed by atoms with Crippen LogP contribution < -0.4 is 16.4 Å². The summed E-state index contributed by atoms with van der Waals surface area (Å²) in [5.41, 5.74) is 8.19. The Morgan fingerprint density at radius 3 is 2.71 bits per heavy atom. The normalized spacial score (nSPS) is 10.4. The van der Waals surface area contributed by atoms with Gasteiger partial charge in [0.15, 0.2) is 5.82 Å². The van der Waals surface area contributed by atoms with E-state index in [2.05, 4.69) is 22.7 Å². The molecule has 0 bridgehead atoms.